The van der Waals surface area contributed by atoms with Gasteiger partial charge in [0.1, 0.15) is 0 Å². The Balaban J connectivity index is 2.66. The zero-order chi connectivity index (χ0) is 15.0. The van der Waals surface area contributed by atoms with Crippen molar-refractivity contribution in [2.75, 3.05) is 25.0 Å². The first-order valence-corrected chi connectivity index (χ1v) is 6.78. The fourth-order valence-electron chi connectivity index (χ4n) is 1.40. The quantitative estimate of drug-likeness (QED) is 0.471. The predicted octanol–water partition coefficient (Wildman–Crippen LogP) is 1.79. The van der Waals surface area contributed by atoms with Gasteiger partial charge in [0.2, 0.25) is 5.91 Å². The lowest BCUT2D eigenvalue weighted by Crippen LogP contribution is -2.28. The maximum atomic E-state index is 11.6. The third kappa shape index (κ3) is 5.03. The number of ether oxygens (including phenoxy) is 1. The number of nitrogens with one attached hydrogen (secondary N) is 2. The molecule has 0 aliphatic heterocycles. The Labute approximate surface area is 126 Å². The first kappa shape index (κ1) is 16.2. The molecule has 1 aromatic carbocycles. The minimum absolute atomic E-state index is 0.121. The molecule has 0 atom stereocenters. The number of halogens is 1. The van der Waals surface area contributed by atoms with Crippen LogP contribution in [0.2, 0.25) is 0 Å². The van der Waals surface area contributed by atoms with Crippen molar-refractivity contribution in [3.8, 4) is 12.3 Å². The van der Waals surface area contributed by atoms with Crippen molar-refractivity contribution in [1.29, 1.82) is 0 Å². The van der Waals surface area contributed by atoms with Gasteiger partial charge in [-0.3, -0.25) is 10.1 Å². The smallest absolute Gasteiger partial charge is 0.338 e. The van der Waals surface area contributed by atoms with E-state index in [1.165, 1.54) is 0 Å². The van der Waals surface area contributed by atoms with Gasteiger partial charge in [0.25, 0.3) is 0 Å². The molecule has 0 bridgehead atoms. The normalized spacial score (nSPS) is 9.65. The van der Waals surface area contributed by atoms with E-state index >= 15 is 0 Å². The van der Waals surface area contributed by atoms with Gasteiger partial charge in [-0.2, -0.15) is 0 Å². The van der Waals surface area contributed by atoms with Crippen LogP contribution < -0.4 is 10.6 Å². The fraction of sp³-hybridized carbons (Fsp3) is 0.286. The van der Waals surface area contributed by atoms with Gasteiger partial charge in [0.05, 0.1) is 30.9 Å². The van der Waals surface area contributed by atoms with Gasteiger partial charge in [-0.15, -0.1) is 6.42 Å². The van der Waals surface area contributed by atoms with Gasteiger partial charge in [-0.05, 0) is 41.1 Å². The van der Waals surface area contributed by atoms with E-state index in [1.807, 2.05) is 0 Å². The van der Waals surface area contributed by atoms with Gasteiger partial charge in [-0.25, -0.2) is 4.79 Å². The third-order valence-corrected chi connectivity index (χ3v) is 2.92. The van der Waals surface area contributed by atoms with Gasteiger partial charge >= 0.3 is 5.97 Å². The summed E-state index contributed by atoms with van der Waals surface area (Å²) < 4.78 is 5.50. The van der Waals surface area contributed by atoms with Crippen molar-refractivity contribution in [1.82, 2.24) is 5.32 Å². The monoisotopic (exact) mass is 338 g/mol. The van der Waals surface area contributed by atoms with Crippen LogP contribution in [0, 0.1) is 12.3 Å². The Morgan fingerprint density at radius 2 is 2.20 bits per heavy atom. The Kier molecular flexibility index (Phi) is 6.77. The second kappa shape index (κ2) is 8.35. The Morgan fingerprint density at radius 3 is 2.80 bits per heavy atom. The molecule has 1 amide bonds. The van der Waals surface area contributed by atoms with Gasteiger partial charge in [0.15, 0.2) is 0 Å². The average molecular weight is 339 g/mol. The van der Waals surface area contributed by atoms with Crippen molar-refractivity contribution < 1.29 is 14.3 Å². The van der Waals surface area contributed by atoms with Crippen LogP contribution in [0.25, 0.3) is 0 Å². The summed E-state index contributed by atoms with van der Waals surface area (Å²) in [7, 11) is 0. The first-order chi connectivity index (χ1) is 9.58. The van der Waals surface area contributed by atoms with Crippen LogP contribution in [0.3, 0.4) is 0 Å². The SMILES string of the molecule is C#CCNCC(=O)Nc1ccc(C(=O)OCC)cc1Br. The molecule has 1 rings (SSSR count). The molecular weight excluding hydrogens is 324 g/mol. The van der Waals surface area contributed by atoms with Gasteiger partial charge in [0, 0.05) is 4.47 Å². The lowest BCUT2D eigenvalue weighted by Gasteiger charge is -2.09. The lowest BCUT2D eigenvalue weighted by atomic mass is 10.2. The molecule has 0 aromatic heterocycles. The largest absolute Gasteiger partial charge is 0.462 e. The van der Waals surface area contributed by atoms with E-state index in [2.05, 4.69) is 32.5 Å². The molecule has 6 heteroatoms. The molecule has 2 N–H and O–H groups in total. The molecule has 0 spiro atoms. The number of hydrogen-bond donors (Lipinski definition) is 2. The number of rotatable bonds is 6. The second-order valence-corrected chi connectivity index (χ2v) is 4.63. The Hall–Kier alpha value is -1.84. The molecule has 0 aliphatic rings. The van der Waals surface area contributed by atoms with E-state index in [1.54, 1.807) is 25.1 Å². The zero-order valence-electron chi connectivity index (χ0n) is 11.0. The molecule has 0 heterocycles. The molecular formula is C14H15BrN2O3. The molecule has 0 fully saturated rings. The topological polar surface area (TPSA) is 67.4 Å². The molecule has 0 saturated carbocycles. The number of carbonyl (C=O) groups excluding carboxylic acids is 2. The number of terminal acetylenes is 1. The van der Waals surface area contributed by atoms with E-state index in [4.69, 9.17) is 11.2 Å². The van der Waals surface area contributed by atoms with E-state index in [-0.39, 0.29) is 12.5 Å². The van der Waals surface area contributed by atoms with Crippen LogP contribution in [0.5, 0.6) is 0 Å². The summed E-state index contributed by atoms with van der Waals surface area (Å²) >= 11 is 3.30. The highest BCUT2D eigenvalue weighted by atomic mass is 79.9. The number of amides is 1. The number of carbonyl (C=O) groups is 2. The van der Waals surface area contributed by atoms with E-state index < -0.39 is 5.97 Å². The van der Waals surface area contributed by atoms with Crippen LogP contribution in [-0.2, 0) is 9.53 Å². The van der Waals surface area contributed by atoms with Crippen molar-refractivity contribution in [2.45, 2.75) is 6.92 Å². The standard InChI is InChI=1S/C14H15BrN2O3/c1-3-7-16-9-13(18)17-12-6-5-10(8-11(12)15)14(19)20-4-2/h1,5-6,8,16H,4,7,9H2,2H3,(H,17,18). The summed E-state index contributed by atoms with van der Waals surface area (Å²) in [5, 5.41) is 5.48. The van der Waals surface area contributed by atoms with Crippen LogP contribution >= 0.6 is 15.9 Å². The molecule has 0 aliphatic carbocycles. The van der Waals surface area contributed by atoms with Crippen molar-refractivity contribution in [2.24, 2.45) is 0 Å². The second-order valence-electron chi connectivity index (χ2n) is 3.77. The zero-order valence-corrected chi connectivity index (χ0v) is 12.6. The van der Waals surface area contributed by atoms with Crippen molar-refractivity contribution in [3.63, 3.8) is 0 Å². The summed E-state index contributed by atoms with van der Waals surface area (Å²) in [6.07, 6.45) is 5.07. The van der Waals surface area contributed by atoms with Gasteiger partial charge < -0.3 is 10.1 Å². The van der Waals surface area contributed by atoms with E-state index in [9.17, 15) is 9.59 Å². The maximum absolute atomic E-state index is 11.6. The number of anilines is 1. The van der Waals surface area contributed by atoms with Gasteiger partial charge in [-0.1, -0.05) is 5.92 Å². The van der Waals surface area contributed by atoms with Crippen LogP contribution in [0.1, 0.15) is 17.3 Å². The molecule has 0 unspecified atom stereocenters. The molecule has 1 aromatic rings. The average Bonchev–Trinajstić information content (AvgIpc) is 2.41. The molecule has 20 heavy (non-hydrogen) atoms. The van der Waals surface area contributed by atoms with Crippen molar-refractivity contribution in [3.05, 3.63) is 28.2 Å². The summed E-state index contributed by atoms with van der Waals surface area (Å²) in [5.41, 5.74) is 0.993. The highest BCUT2D eigenvalue weighted by molar-refractivity contribution is 9.10. The molecule has 106 valence electrons. The molecule has 0 saturated heterocycles. The van der Waals surface area contributed by atoms with E-state index in [0.717, 1.165) is 0 Å². The molecule has 0 radical (unpaired) electrons. The minimum atomic E-state index is -0.401. The Bertz CT molecular complexity index is 538. The number of hydrogen-bond acceptors (Lipinski definition) is 4. The highest BCUT2D eigenvalue weighted by Gasteiger charge is 2.10. The minimum Gasteiger partial charge on any atom is -0.462 e. The fourth-order valence-corrected chi connectivity index (χ4v) is 1.88. The number of esters is 1. The summed E-state index contributed by atoms with van der Waals surface area (Å²) in [5.74, 6) is 1.76. The summed E-state index contributed by atoms with van der Waals surface area (Å²) in [4.78, 5) is 23.2. The van der Waals surface area contributed by atoms with Crippen LogP contribution in [0.15, 0.2) is 22.7 Å². The van der Waals surface area contributed by atoms with Crippen molar-refractivity contribution >= 4 is 33.5 Å². The number of benzene rings is 1. The molecule has 5 nitrogen and oxygen atoms in total. The van der Waals surface area contributed by atoms with Crippen LogP contribution in [0.4, 0.5) is 5.69 Å². The van der Waals surface area contributed by atoms with Crippen LogP contribution in [-0.4, -0.2) is 31.6 Å². The van der Waals surface area contributed by atoms with E-state index in [0.29, 0.717) is 28.9 Å². The summed E-state index contributed by atoms with van der Waals surface area (Å²) in [6, 6.07) is 4.82. The highest BCUT2D eigenvalue weighted by Crippen LogP contribution is 2.24. The third-order valence-electron chi connectivity index (χ3n) is 2.27. The predicted molar refractivity (Wildman–Crippen MR) is 80.4 cm³/mol. The lowest BCUT2D eigenvalue weighted by molar-refractivity contribution is -0.115. The summed E-state index contributed by atoms with van der Waals surface area (Å²) in [6.45, 7) is 2.51. The Morgan fingerprint density at radius 1 is 1.45 bits per heavy atom. The maximum Gasteiger partial charge on any atom is 0.338 e. The first-order valence-electron chi connectivity index (χ1n) is 5.99.